The second-order valence-electron chi connectivity index (χ2n) is 10.5. The Balaban J connectivity index is 3.86. The van der Waals surface area contributed by atoms with Crippen molar-refractivity contribution < 1.29 is 28.8 Å². The Labute approximate surface area is 230 Å². The Hall–Kier alpha value is -0.440. The molecular formula is C28H54O6S2. The van der Waals surface area contributed by atoms with E-state index in [9.17, 15) is 9.59 Å². The number of carbonyl (C=O) groups excluding carboxylic acids is 2. The van der Waals surface area contributed by atoms with Gasteiger partial charge in [-0.05, 0) is 52.0 Å². The molecule has 0 spiro atoms. The minimum absolute atomic E-state index is 0.162. The van der Waals surface area contributed by atoms with Gasteiger partial charge in [0.15, 0.2) is 0 Å². The number of hydrogen-bond acceptors (Lipinski definition) is 8. The lowest BCUT2D eigenvalue weighted by molar-refractivity contribution is -0.403. The highest BCUT2D eigenvalue weighted by atomic mass is 32.2. The standard InChI is InChI=1S/C28H54O6S2/c1-7-9-11-13-21-35-23-15-25(29)31-19-17-27(3,4)33-34-28(5,6)18-20-32-26(30)16-24-36-22-14-12-10-8-2/h7-24H2,1-6H3. The number of esters is 2. The maximum Gasteiger partial charge on any atom is 0.306 e. The number of ether oxygens (including phenoxy) is 2. The van der Waals surface area contributed by atoms with Crippen LogP contribution in [-0.2, 0) is 28.8 Å². The van der Waals surface area contributed by atoms with E-state index in [1.807, 2.05) is 51.2 Å². The SMILES string of the molecule is CCCCCCSCCC(=O)OCCC(C)(C)OOC(C)(C)CCOC(=O)CCSCCCCCC. The van der Waals surface area contributed by atoms with Crippen LogP contribution in [0.3, 0.4) is 0 Å². The summed E-state index contributed by atoms with van der Waals surface area (Å²) in [6.45, 7) is 12.6. The van der Waals surface area contributed by atoms with Gasteiger partial charge in [0, 0.05) is 24.3 Å². The molecule has 0 amide bonds. The lowest BCUT2D eigenvalue weighted by atomic mass is 10.1. The van der Waals surface area contributed by atoms with E-state index in [0.717, 1.165) is 23.0 Å². The van der Waals surface area contributed by atoms with Gasteiger partial charge in [0.1, 0.15) is 11.2 Å². The monoisotopic (exact) mass is 550 g/mol. The zero-order valence-electron chi connectivity index (χ0n) is 24.0. The van der Waals surface area contributed by atoms with Gasteiger partial charge in [0.05, 0.1) is 26.1 Å². The van der Waals surface area contributed by atoms with Gasteiger partial charge in [-0.25, -0.2) is 9.78 Å². The van der Waals surface area contributed by atoms with E-state index in [0.29, 0.717) is 38.9 Å². The van der Waals surface area contributed by atoms with E-state index in [1.165, 1.54) is 51.4 Å². The van der Waals surface area contributed by atoms with Crippen LogP contribution in [0.25, 0.3) is 0 Å². The van der Waals surface area contributed by atoms with Crippen molar-refractivity contribution in [2.45, 2.75) is 130 Å². The lowest BCUT2D eigenvalue weighted by Gasteiger charge is -2.30. The Morgan fingerprint density at radius 3 is 1.33 bits per heavy atom. The van der Waals surface area contributed by atoms with Gasteiger partial charge < -0.3 is 9.47 Å². The molecule has 214 valence electrons. The Bertz CT molecular complexity index is 506. The van der Waals surface area contributed by atoms with Gasteiger partial charge in [-0.2, -0.15) is 23.5 Å². The predicted molar refractivity (Wildman–Crippen MR) is 154 cm³/mol. The summed E-state index contributed by atoms with van der Waals surface area (Å²) in [5.41, 5.74) is -1.20. The molecule has 0 saturated heterocycles. The second kappa shape index (κ2) is 22.5. The van der Waals surface area contributed by atoms with Crippen molar-refractivity contribution in [3.05, 3.63) is 0 Å². The van der Waals surface area contributed by atoms with Gasteiger partial charge in [0.2, 0.25) is 0 Å². The lowest BCUT2D eigenvalue weighted by Crippen LogP contribution is -2.34. The van der Waals surface area contributed by atoms with Crippen LogP contribution >= 0.6 is 23.5 Å². The zero-order chi connectivity index (χ0) is 27.1. The van der Waals surface area contributed by atoms with Crippen molar-refractivity contribution >= 4 is 35.5 Å². The van der Waals surface area contributed by atoms with Crippen LogP contribution in [0.1, 0.15) is 119 Å². The molecule has 0 aromatic carbocycles. The van der Waals surface area contributed by atoms with E-state index >= 15 is 0 Å². The smallest absolute Gasteiger partial charge is 0.306 e. The largest absolute Gasteiger partial charge is 0.466 e. The highest BCUT2D eigenvalue weighted by molar-refractivity contribution is 7.99. The molecule has 0 saturated carbocycles. The first-order valence-corrected chi connectivity index (χ1v) is 16.3. The summed E-state index contributed by atoms with van der Waals surface area (Å²) in [6.07, 6.45) is 12.0. The van der Waals surface area contributed by atoms with Crippen molar-refractivity contribution in [3.8, 4) is 0 Å². The fraction of sp³-hybridized carbons (Fsp3) is 0.929. The number of unbranched alkanes of at least 4 members (excludes halogenated alkanes) is 6. The van der Waals surface area contributed by atoms with Crippen LogP contribution in [0.4, 0.5) is 0 Å². The van der Waals surface area contributed by atoms with Gasteiger partial charge >= 0.3 is 11.9 Å². The molecule has 0 unspecified atom stereocenters. The first-order chi connectivity index (χ1) is 17.1. The molecule has 0 fully saturated rings. The molecule has 0 rings (SSSR count). The van der Waals surface area contributed by atoms with Crippen molar-refractivity contribution in [3.63, 3.8) is 0 Å². The normalized spacial score (nSPS) is 12.1. The first-order valence-electron chi connectivity index (χ1n) is 14.0. The molecule has 0 bridgehead atoms. The molecule has 0 aliphatic carbocycles. The molecule has 0 radical (unpaired) electrons. The molecule has 0 aromatic rings. The summed E-state index contributed by atoms with van der Waals surface area (Å²) in [5, 5.41) is 0. The van der Waals surface area contributed by atoms with Crippen LogP contribution in [0.15, 0.2) is 0 Å². The van der Waals surface area contributed by atoms with Gasteiger partial charge in [0.25, 0.3) is 0 Å². The van der Waals surface area contributed by atoms with Crippen LogP contribution in [0.2, 0.25) is 0 Å². The molecule has 6 nitrogen and oxygen atoms in total. The fourth-order valence-electron chi connectivity index (χ4n) is 3.05. The average molecular weight is 551 g/mol. The third-order valence-electron chi connectivity index (χ3n) is 5.61. The third kappa shape index (κ3) is 23.9. The second-order valence-corrected chi connectivity index (χ2v) is 12.9. The molecule has 36 heavy (non-hydrogen) atoms. The quantitative estimate of drug-likeness (QED) is 0.0494. The summed E-state index contributed by atoms with van der Waals surface area (Å²) in [4.78, 5) is 35.2. The van der Waals surface area contributed by atoms with E-state index in [-0.39, 0.29) is 11.9 Å². The number of hydrogen-bond donors (Lipinski definition) is 0. The summed E-state index contributed by atoms with van der Waals surface area (Å²) in [6, 6.07) is 0. The van der Waals surface area contributed by atoms with Crippen molar-refractivity contribution in [2.75, 3.05) is 36.2 Å². The maximum absolute atomic E-state index is 11.9. The van der Waals surface area contributed by atoms with E-state index in [2.05, 4.69) is 13.8 Å². The summed E-state index contributed by atoms with van der Waals surface area (Å²) >= 11 is 3.64. The Morgan fingerprint density at radius 2 is 0.972 bits per heavy atom. The molecule has 0 atom stereocenters. The first kappa shape index (κ1) is 35.6. The van der Waals surface area contributed by atoms with Crippen LogP contribution < -0.4 is 0 Å². The van der Waals surface area contributed by atoms with Gasteiger partial charge in [-0.3, -0.25) is 9.59 Å². The van der Waals surface area contributed by atoms with Crippen molar-refractivity contribution in [1.82, 2.24) is 0 Å². The van der Waals surface area contributed by atoms with E-state index < -0.39 is 11.2 Å². The minimum Gasteiger partial charge on any atom is -0.466 e. The molecule has 0 aliphatic rings. The fourth-order valence-corrected chi connectivity index (χ4v) is 4.90. The maximum atomic E-state index is 11.9. The van der Waals surface area contributed by atoms with Gasteiger partial charge in [-0.15, -0.1) is 0 Å². The highest BCUT2D eigenvalue weighted by Gasteiger charge is 2.27. The molecule has 0 aliphatic heterocycles. The minimum atomic E-state index is -0.601. The molecule has 0 aromatic heterocycles. The van der Waals surface area contributed by atoms with Crippen molar-refractivity contribution in [1.29, 1.82) is 0 Å². The number of rotatable bonds is 25. The van der Waals surface area contributed by atoms with Crippen LogP contribution in [-0.4, -0.2) is 59.4 Å². The topological polar surface area (TPSA) is 71.1 Å². The Kier molecular flexibility index (Phi) is 22.3. The van der Waals surface area contributed by atoms with Gasteiger partial charge in [-0.1, -0.05) is 52.4 Å². The summed E-state index contributed by atoms with van der Waals surface area (Å²) in [7, 11) is 0. The third-order valence-corrected chi connectivity index (χ3v) is 7.75. The van der Waals surface area contributed by atoms with Crippen LogP contribution in [0, 0.1) is 0 Å². The van der Waals surface area contributed by atoms with Crippen molar-refractivity contribution in [2.24, 2.45) is 0 Å². The van der Waals surface area contributed by atoms with Crippen LogP contribution in [0.5, 0.6) is 0 Å². The number of thioether (sulfide) groups is 2. The summed E-state index contributed by atoms with van der Waals surface area (Å²) in [5.74, 6) is 3.52. The molecule has 8 heteroatoms. The molecule has 0 N–H and O–H groups in total. The summed E-state index contributed by atoms with van der Waals surface area (Å²) < 4.78 is 10.7. The van der Waals surface area contributed by atoms with E-state index in [1.54, 1.807) is 0 Å². The zero-order valence-corrected chi connectivity index (χ0v) is 25.6. The number of carbonyl (C=O) groups is 2. The Morgan fingerprint density at radius 1 is 0.583 bits per heavy atom. The van der Waals surface area contributed by atoms with E-state index in [4.69, 9.17) is 19.2 Å². The highest BCUT2D eigenvalue weighted by Crippen LogP contribution is 2.22. The molecular weight excluding hydrogens is 496 g/mol. The molecule has 0 heterocycles. The average Bonchev–Trinajstić information content (AvgIpc) is 2.81. The predicted octanol–water partition coefficient (Wildman–Crippen LogP) is 7.77.